The summed E-state index contributed by atoms with van der Waals surface area (Å²) in [6.45, 7) is 2.24. The van der Waals surface area contributed by atoms with Gasteiger partial charge >= 0.3 is 0 Å². The predicted octanol–water partition coefficient (Wildman–Crippen LogP) is 3.64. The molecule has 0 bridgehead atoms. The van der Waals surface area contributed by atoms with Crippen LogP contribution in [0.4, 0.5) is 14.5 Å². The summed E-state index contributed by atoms with van der Waals surface area (Å²) in [6.07, 6.45) is 4.70. The van der Waals surface area contributed by atoms with E-state index in [0.29, 0.717) is 35.2 Å². The maximum atomic E-state index is 13.2. The van der Waals surface area contributed by atoms with Crippen LogP contribution in [0.5, 0.6) is 0 Å². The Labute approximate surface area is 189 Å². The molecule has 4 rings (SSSR count). The molecule has 2 amide bonds. The zero-order chi connectivity index (χ0) is 22.9. The molecule has 7 nitrogen and oxygen atoms in total. The van der Waals surface area contributed by atoms with Crippen LogP contribution in [0.2, 0.25) is 5.02 Å². The molecule has 1 unspecified atom stereocenters. The largest absolute Gasteiger partial charge is 0.330 e. The summed E-state index contributed by atoms with van der Waals surface area (Å²) in [5, 5.41) is 6.00. The lowest BCUT2D eigenvalue weighted by Crippen LogP contribution is -2.40. The number of nitrogens with zero attached hydrogens (tertiary/aromatic N) is 3. The minimum Gasteiger partial charge on any atom is -0.330 e. The van der Waals surface area contributed by atoms with Crippen molar-refractivity contribution in [3.05, 3.63) is 59.2 Å². The molecule has 1 aromatic carbocycles. The second kappa shape index (κ2) is 8.99. The molecule has 0 spiro atoms. The van der Waals surface area contributed by atoms with Gasteiger partial charge in [0, 0.05) is 19.0 Å². The highest BCUT2D eigenvalue weighted by molar-refractivity contribution is 6.33. The Bertz CT molecular complexity index is 1050. The number of amides is 2. The zero-order valence-electron chi connectivity index (χ0n) is 17.5. The monoisotopic (exact) mass is 463 g/mol. The highest BCUT2D eigenvalue weighted by atomic mass is 35.5. The normalized spacial score (nSPS) is 22.2. The van der Waals surface area contributed by atoms with E-state index in [1.165, 1.54) is 12.3 Å². The maximum Gasteiger partial charge on any atom is 0.273 e. The summed E-state index contributed by atoms with van der Waals surface area (Å²) in [5.74, 6) is -2.62. The van der Waals surface area contributed by atoms with Gasteiger partial charge in [0.05, 0.1) is 36.0 Å². The Morgan fingerprint density at radius 2 is 2.16 bits per heavy atom. The van der Waals surface area contributed by atoms with Crippen molar-refractivity contribution in [1.82, 2.24) is 19.8 Å². The molecule has 1 aromatic heterocycles. The number of halogens is 3. The number of carbonyl (C=O) groups excluding carboxylic acids is 2. The van der Waals surface area contributed by atoms with Crippen molar-refractivity contribution in [2.75, 3.05) is 18.4 Å². The molecule has 2 atom stereocenters. The van der Waals surface area contributed by atoms with Gasteiger partial charge in [0.25, 0.3) is 11.8 Å². The second-order valence-corrected chi connectivity index (χ2v) is 8.61. The number of para-hydroxylation sites is 1. The molecule has 1 saturated heterocycles. The Morgan fingerprint density at radius 1 is 1.38 bits per heavy atom. The Kier molecular flexibility index (Phi) is 6.30. The lowest BCUT2D eigenvalue weighted by atomic mass is 10.1. The number of carbonyl (C=O) groups is 2. The second-order valence-electron chi connectivity index (χ2n) is 8.21. The van der Waals surface area contributed by atoms with E-state index in [1.807, 2.05) is 11.5 Å². The van der Waals surface area contributed by atoms with E-state index in [-0.39, 0.29) is 43.4 Å². The SMILES string of the molecule is C[C@H]1CN(C(=O)/C=C/CC2CC(F)(F)CN2)Cc2ncc(C(=O)Nc3ccccc3Cl)n21. The first-order valence-corrected chi connectivity index (χ1v) is 10.8. The Hall–Kier alpha value is -2.78. The van der Waals surface area contributed by atoms with E-state index in [0.717, 1.165) is 0 Å². The first kappa shape index (κ1) is 22.4. The minimum atomic E-state index is -2.68. The third kappa shape index (κ3) is 4.83. The molecule has 10 heteroatoms. The molecule has 3 heterocycles. The summed E-state index contributed by atoms with van der Waals surface area (Å²) in [6, 6.07) is 6.47. The summed E-state index contributed by atoms with van der Waals surface area (Å²) >= 11 is 6.12. The van der Waals surface area contributed by atoms with E-state index in [2.05, 4.69) is 15.6 Å². The highest BCUT2D eigenvalue weighted by Crippen LogP contribution is 2.27. The number of anilines is 1. The van der Waals surface area contributed by atoms with Gasteiger partial charge in [-0.15, -0.1) is 0 Å². The number of nitrogens with one attached hydrogen (secondary N) is 2. The third-order valence-electron chi connectivity index (χ3n) is 5.67. The number of rotatable bonds is 5. The van der Waals surface area contributed by atoms with Crippen molar-refractivity contribution < 1.29 is 18.4 Å². The van der Waals surface area contributed by atoms with E-state index in [4.69, 9.17) is 11.6 Å². The van der Waals surface area contributed by atoms with E-state index in [9.17, 15) is 18.4 Å². The van der Waals surface area contributed by atoms with Crippen molar-refractivity contribution in [3.63, 3.8) is 0 Å². The van der Waals surface area contributed by atoms with Crippen molar-refractivity contribution >= 4 is 29.1 Å². The summed E-state index contributed by atoms with van der Waals surface area (Å²) < 4.78 is 28.3. The molecule has 170 valence electrons. The molecule has 2 N–H and O–H groups in total. The van der Waals surface area contributed by atoms with Gasteiger partial charge in [0.15, 0.2) is 0 Å². The van der Waals surface area contributed by atoms with Crippen LogP contribution in [-0.4, -0.2) is 51.3 Å². The van der Waals surface area contributed by atoms with Crippen LogP contribution in [0.15, 0.2) is 42.6 Å². The van der Waals surface area contributed by atoms with Gasteiger partial charge < -0.3 is 20.1 Å². The molecule has 32 heavy (non-hydrogen) atoms. The van der Waals surface area contributed by atoms with E-state index in [1.54, 1.807) is 35.2 Å². The number of hydrogen-bond acceptors (Lipinski definition) is 4. The van der Waals surface area contributed by atoms with E-state index >= 15 is 0 Å². The average molecular weight is 464 g/mol. The van der Waals surface area contributed by atoms with Gasteiger partial charge in [-0.05, 0) is 31.6 Å². The molecule has 2 aromatic rings. The van der Waals surface area contributed by atoms with Crippen molar-refractivity contribution in [2.24, 2.45) is 0 Å². The molecular formula is C22H24ClF2N5O2. The fourth-order valence-corrected chi connectivity index (χ4v) is 4.32. The lowest BCUT2D eigenvalue weighted by molar-refractivity contribution is -0.128. The van der Waals surface area contributed by atoms with Gasteiger partial charge in [-0.2, -0.15) is 0 Å². The molecule has 0 saturated carbocycles. The van der Waals surface area contributed by atoms with Gasteiger partial charge in [0.1, 0.15) is 11.5 Å². The summed E-state index contributed by atoms with van der Waals surface area (Å²) in [4.78, 5) is 31.4. The first-order chi connectivity index (χ1) is 15.2. The van der Waals surface area contributed by atoms with Crippen LogP contribution in [-0.2, 0) is 11.3 Å². The number of fused-ring (bicyclic) bond motifs is 1. The highest BCUT2D eigenvalue weighted by Gasteiger charge is 2.38. The quantitative estimate of drug-likeness (QED) is 0.664. The summed E-state index contributed by atoms with van der Waals surface area (Å²) in [7, 11) is 0. The van der Waals surface area contributed by atoms with Crippen LogP contribution in [0.3, 0.4) is 0 Å². The Balaban J connectivity index is 1.39. The third-order valence-corrected chi connectivity index (χ3v) is 6.00. The molecule has 2 aliphatic heterocycles. The van der Waals surface area contributed by atoms with Crippen LogP contribution in [0.25, 0.3) is 0 Å². The Morgan fingerprint density at radius 3 is 2.88 bits per heavy atom. The average Bonchev–Trinajstić information content (AvgIpc) is 3.32. The summed E-state index contributed by atoms with van der Waals surface area (Å²) in [5.41, 5.74) is 0.901. The molecule has 0 aliphatic carbocycles. The van der Waals surface area contributed by atoms with Crippen LogP contribution < -0.4 is 10.6 Å². The van der Waals surface area contributed by atoms with Gasteiger partial charge in [-0.1, -0.05) is 29.8 Å². The molecule has 2 aliphatic rings. The maximum absolute atomic E-state index is 13.2. The van der Waals surface area contributed by atoms with Crippen molar-refractivity contribution in [2.45, 2.75) is 44.3 Å². The number of hydrogen-bond donors (Lipinski definition) is 2. The smallest absolute Gasteiger partial charge is 0.273 e. The molecule has 1 fully saturated rings. The predicted molar refractivity (Wildman–Crippen MR) is 117 cm³/mol. The van der Waals surface area contributed by atoms with Crippen molar-refractivity contribution in [1.29, 1.82) is 0 Å². The first-order valence-electron chi connectivity index (χ1n) is 10.4. The number of benzene rings is 1. The fraction of sp³-hybridized carbons (Fsp3) is 0.409. The van der Waals surface area contributed by atoms with Crippen LogP contribution >= 0.6 is 11.6 Å². The van der Waals surface area contributed by atoms with E-state index < -0.39 is 5.92 Å². The van der Waals surface area contributed by atoms with Gasteiger partial charge in [-0.25, -0.2) is 13.8 Å². The minimum absolute atomic E-state index is 0.166. The molecule has 0 radical (unpaired) electrons. The van der Waals surface area contributed by atoms with Crippen molar-refractivity contribution in [3.8, 4) is 0 Å². The fourth-order valence-electron chi connectivity index (χ4n) is 4.13. The lowest BCUT2D eigenvalue weighted by Gasteiger charge is -2.32. The topological polar surface area (TPSA) is 79.3 Å². The standard InChI is InChI=1S/C22H24ClF2N5O2/c1-14-11-29(20(31)8-4-5-15-9-22(24,25)13-27-15)12-19-26-10-18(30(14)19)21(32)28-17-7-3-2-6-16(17)23/h2-4,6-8,10,14-15,27H,5,9,11-13H2,1H3,(H,28,32)/b8-4+/t14-,15?/m0/s1. The zero-order valence-corrected chi connectivity index (χ0v) is 18.3. The number of alkyl halides is 2. The molecular weight excluding hydrogens is 440 g/mol. The number of imidazole rings is 1. The van der Waals surface area contributed by atoms with Gasteiger partial charge in [0.2, 0.25) is 5.91 Å². The van der Waals surface area contributed by atoms with Crippen LogP contribution in [0.1, 0.15) is 42.1 Å². The van der Waals surface area contributed by atoms with Gasteiger partial charge in [-0.3, -0.25) is 9.59 Å². The number of aromatic nitrogens is 2. The van der Waals surface area contributed by atoms with Crippen LogP contribution in [0, 0.1) is 0 Å².